The second-order valence-electron chi connectivity index (χ2n) is 5.99. The summed E-state index contributed by atoms with van der Waals surface area (Å²) in [4.78, 5) is 16.1. The first-order valence-electron chi connectivity index (χ1n) is 8.23. The van der Waals surface area contributed by atoms with E-state index in [0.717, 1.165) is 5.56 Å². The number of rotatable bonds is 6. The fraction of sp³-hybridized carbons (Fsp3) is 0.200. The summed E-state index contributed by atoms with van der Waals surface area (Å²) in [6.07, 6.45) is 2.10. The van der Waals surface area contributed by atoms with E-state index in [1.807, 2.05) is 0 Å². The summed E-state index contributed by atoms with van der Waals surface area (Å²) < 4.78 is 32.0. The third kappa shape index (κ3) is 4.53. The van der Waals surface area contributed by atoms with Crippen LogP contribution in [0.5, 0.6) is 0 Å². The predicted molar refractivity (Wildman–Crippen MR) is 93.2 cm³/mol. The van der Waals surface area contributed by atoms with E-state index in [0.29, 0.717) is 29.2 Å². The van der Waals surface area contributed by atoms with Crippen LogP contribution in [-0.4, -0.2) is 10.9 Å². The average Bonchev–Trinajstić information content (AvgIpc) is 3.10. The first kappa shape index (κ1) is 17.8. The summed E-state index contributed by atoms with van der Waals surface area (Å²) in [5, 5.41) is 2.74. The Balaban J connectivity index is 1.50. The number of carbonyl (C=O) groups is 1. The number of aryl methyl sites for hydroxylation is 2. The summed E-state index contributed by atoms with van der Waals surface area (Å²) in [7, 11) is 0. The number of benzene rings is 2. The van der Waals surface area contributed by atoms with E-state index >= 15 is 0 Å². The molecule has 0 fully saturated rings. The van der Waals surface area contributed by atoms with Crippen LogP contribution in [0.1, 0.15) is 23.4 Å². The van der Waals surface area contributed by atoms with Crippen LogP contribution in [0.2, 0.25) is 0 Å². The molecule has 0 aliphatic carbocycles. The Kier molecular flexibility index (Phi) is 5.41. The van der Waals surface area contributed by atoms with Gasteiger partial charge < -0.3 is 9.73 Å². The summed E-state index contributed by atoms with van der Waals surface area (Å²) in [5.74, 6) is 0.174. The Hall–Kier alpha value is -3.02. The molecule has 6 heteroatoms. The molecular weight excluding hydrogens is 338 g/mol. The van der Waals surface area contributed by atoms with Crippen LogP contribution in [0.25, 0.3) is 11.3 Å². The molecule has 1 heterocycles. The zero-order valence-corrected chi connectivity index (χ0v) is 14.3. The fourth-order valence-electron chi connectivity index (χ4n) is 2.43. The third-order valence-corrected chi connectivity index (χ3v) is 3.97. The molecule has 0 spiro atoms. The molecule has 134 valence electrons. The van der Waals surface area contributed by atoms with Gasteiger partial charge in [-0.25, -0.2) is 13.8 Å². The van der Waals surface area contributed by atoms with Gasteiger partial charge in [-0.2, -0.15) is 0 Å². The Morgan fingerprint density at radius 2 is 1.92 bits per heavy atom. The van der Waals surface area contributed by atoms with Crippen LogP contribution in [0.3, 0.4) is 0 Å². The van der Waals surface area contributed by atoms with Crippen molar-refractivity contribution in [1.82, 2.24) is 10.3 Å². The quantitative estimate of drug-likeness (QED) is 0.721. The minimum Gasteiger partial charge on any atom is -0.441 e. The van der Waals surface area contributed by atoms with Gasteiger partial charge in [0.1, 0.15) is 11.6 Å². The van der Waals surface area contributed by atoms with Gasteiger partial charge in [-0.3, -0.25) is 4.79 Å². The molecule has 2 aromatic carbocycles. The van der Waals surface area contributed by atoms with E-state index in [-0.39, 0.29) is 30.5 Å². The fourth-order valence-corrected chi connectivity index (χ4v) is 2.43. The van der Waals surface area contributed by atoms with E-state index in [9.17, 15) is 13.6 Å². The SMILES string of the molecule is Cc1ccc(CNC(=O)CCc2ncc(-c3ccc(F)cc3)o2)cc1F. The summed E-state index contributed by atoms with van der Waals surface area (Å²) in [5.41, 5.74) is 1.99. The normalized spacial score (nSPS) is 10.7. The van der Waals surface area contributed by atoms with Gasteiger partial charge >= 0.3 is 0 Å². The van der Waals surface area contributed by atoms with Gasteiger partial charge in [-0.05, 0) is 48.4 Å². The number of hydrogen-bond acceptors (Lipinski definition) is 3. The molecule has 3 aromatic rings. The molecule has 0 bridgehead atoms. The Morgan fingerprint density at radius 3 is 2.65 bits per heavy atom. The molecule has 4 nitrogen and oxygen atoms in total. The number of hydrogen-bond donors (Lipinski definition) is 1. The maximum absolute atomic E-state index is 13.5. The lowest BCUT2D eigenvalue weighted by molar-refractivity contribution is -0.121. The van der Waals surface area contributed by atoms with E-state index in [1.165, 1.54) is 18.2 Å². The largest absolute Gasteiger partial charge is 0.441 e. The lowest BCUT2D eigenvalue weighted by Crippen LogP contribution is -2.23. The summed E-state index contributed by atoms with van der Waals surface area (Å²) in [6, 6.07) is 10.8. The van der Waals surface area contributed by atoms with Crippen molar-refractivity contribution in [1.29, 1.82) is 0 Å². The van der Waals surface area contributed by atoms with Crippen molar-refractivity contribution in [3.8, 4) is 11.3 Å². The Labute approximate surface area is 149 Å². The highest BCUT2D eigenvalue weighted by Gasteiger charge is 2.09. The Bertz CT molecular complexity index is 904. The van der Waals surface area contributed by atoms with Crippen LogP contribution in [0.4, 0.5) is 8.78 Å². The first-order valence-corrected chi connectivity index (χ1v) is 8.23. The van der Waals surface area contributed by atoms with E-state index in [4.69, 9.17) is 4.42 Å². The van der Waals surface area contributed by atoms with E-state index < -0.39 is 0 Å². The third-order valence-electron chi connectivity index (χ3n) is 3.97. The number of aromatic nitrogens is 1. The molecule has 0 aliphatic heterocycles. The van der Waals surface area contributed by atoms with Crippen molar-refractivity contribution in [3.63, 3.8) is 0 Å². The molecule has 0 radical (unpaired) electrons. The number of nitrogens with one attached hydrogen (secondary N) is 1. The zero-order valence-electron chi connectivity index (χ0n) is 14.3. The van der Waals surface area contributed by atoms with Crippen molar-refractivity contribution in [2.24, 2.45) is 0 Å². The Morgan fingerprint density at radius 1 is 1.15 bits per heavy atom. The van der Waals surface area contributed by atoms with Crippen molar-refractivity contribution in [3.05, 3.63) is 77.3 Å². The molecule has 0 saturated heterocycles. The van der Waals surface area contributed by atoms with Crippen LogP contribution < -0.4 is 5.32 Å². The lowest BCUT2D eigenvalue weighted by atomic mass is 10.1. The van der Waals surface area contributed by atoms with Crippen LogP contribution >= 0.6 is 0 Å². The zero-order chi connectivity index (χ0) is 18.5. The van der Waals surface area contributed by atoms with Gasteiger partial charge in [0.15, 0.2) is 11.7 Å². The van der Waals surface area contributed by atoms with Crippen LogP contribution in [-0.2, 0) is 17.8 Å². The number of amides is 1. The summed E-state index contributed by atoms with van der Waals surface area (Å²) in [6.45, 7) is 1.96. The van der Waals surface area contributed by atoms with Crippen molar-refractivity contribution < 1.29 is 18.0 Å². The number of carbonyl (C=O) groups excluding carboxylic acids is 1. The molecule has 1 N–H and O–H groups in total. The minimum atomic E-state index is -0.321. The van der Waals surface area contributed by atoms with Crippen LogP contribution in [0.15, 0.2) is 53.1 Å². The van der Waals surface area contributed by atoms with Crippen molar-refractivity contribution in [2.45, 2.75) is 26.3 Å². The number of nitrogens with zero attached hydrogens (tertiary/aromatic N) is 1. The highest BCUT2D eigenvalue weighted by Crippen LogP contribution is 2.21. The lowest BCUT2D eigenvalue weighted by Gasteiger charge is -2.06. The maximum Gasteiger partial charge on any atom is 0.220 e. The molecule has 0 aliphatic rings. The molecular formula is C20H18F2N2O2. The molecule has 0 unspecified atom stereocenters. The van der Waals surface area contributed by atoms with Gasteiger partial charge in [0.05, 0.1) is 6.20 Å². The first-order chi connectivity index (χ1) is 12.5. The maximum atomic E-state index is 13.5. The smallest absolute Gasteiger partial charge is 0.220 e. The van der Waals surface area contributed by atoms with Crippen molar-refractivity contribution in [2.75, 3.05) is 0 Å². The standard InChI is InChI=1S/C20H18F2N2O2/c1-13-2-3-14(10-17(13)22)11-23-19(25)8-9-20-24-12-18(26-20)15-4-6-16(21)7-5-15/h2-7,10,12H,8-9,11H2,1H3,(H,23,25). The van der Waals surface area contributed by atoms with Gasteiger partial charge in [-0.15, -0.1) is 0 Å². The summed E-state index contributed by atoms with van der Waals surface area (Å²) >= 11 is 0. The highest BCUT2D eigenvalue weighted by atomic mass is 19.1. The molecule has 0 saturated carbocycles. The van der Waals surface area contributed by atoms with Gasteiger partial charge in [0.2, 0.25) is 5.91 Å². The second-order valence-corrected chi connectivity index (χ2v) is 5.99. The molecule has 0 atom stereocenters. The molecule has 1 aromatic heterocycles. The highest BCUT2D eigenvalue weighted by molar-refractivity contribution is 5.76. The second kappa shape index (κ2) is 7.91. The number of halogens is 2. The monoisotopic (exact) mass is 356 g/mol. The molecule has 26 heavy (non-hydrogen) atoms. The molecule has 1 amide bonds. The van der Waals surface area contributed by atoms with Gasteiger partial charge in [0.25, 0.3) is 0 Å². The average molecular weight is 356 g/mol. The van der Waals surface area contributed by atoms with Crippen molar-refractivity contribution >= 4 is 5.91 Å². The van der Waals surface area contributed by atoms with E-state index in [1.54, 1.807) is 37.4 Å². The minimum absolute atomic E-state index is 0.174. The van der Waals surface area contributed by atoms with E-state index in [2.05, 4.69) is 10.3 Å². The topological polar surface area (TPSA) is 55.1 Å². The molecule has 3 rings (SSSR count). The van der Waals surface area contributed by atoms with Crippen LogP contribution in [0, 0.1) is 18.6 Å². The van der Waals surface area contributed by atoms with Gasteiger partial charge in [0, 0.05) is 24.9 Å². The number of oxazole rings is 1. The predicted octanol–water partition coefficient (Wildman–Crippen LogP) is 4.18. The van der Waals surface area contributed by atoms with Gasteiger partial charge in [-0.1, -0.05) is 12.1 Å².